The second-order valence-corrected chi connectivity index (χ2v) is 3.20. The van der Waals surface area contributed by atoms with Crippen LogP contribution >= 0.6 is 0 Å². The fraction of sp³-hybridized carbons (Fsp3) is 0.778. The van der Waals surface area contributed by atoms with E-state index in [1.54, 1.807) is 0 Å². The van der Waals surface area contributed by atoms with Gasteiger partial charge in [0.15, 0.2) is 0 Å². The van der Waals surface area contributed by atoms with Gasteiger partial charge in [-0.25, -0.2) is 0 Å². The van der Waals surface area contributed by atoms with E-state index in [9.17, 15) is 0 Å². The fourth-order valence-corrected chi connectivity index (χ4v) is 1.39. The van der Waals surface area contributed by atoms with Crippen LogP contribution in [0.25, 0.3) is 0 Å². The summed E-state index contributed by atoms with van der Waals surface area (Å²) in [6, 6.07) is 0. The van der Waals surface area contributed by atoms with Gasteiger partial charge in [-0.2, -0.15) is 0 Å². The van der Waals surface area contributed by atoms with E-state index < -0.39 is 0 Å². The Morgan fingerprint density at radius 1 is 1.30 bits per heavy atom. The van der Waals surface area contributed by atoms with Gasteiger partial charge in [-0.1, -0.05) is 13.0 Å². The van der Waals surface area contributed by atoms with Gasteiger partial charge >= 0.3 is 0 Å². The van der Waals surface area contributed by atoms with E-state index in [0.717, 1.165) is 5.92 Å². The Kier molecular flexibility index (Phi) is 2.79. The molecule has 1 rings (SSSR count). The largest absolute Gasteiger partial charge is 0.378 e. The van der Waals surface area contributed by atoms with E-state index in [1.165, 1.54) is 25.9 Å². The normalized spacial score (nSPS) is 22.4. The Balaban J connectivity index is 2.26. The first kappa shape index (κ1) is 7.64. The van der Waals surface area contributed by atoms with Gasteiger partial charge in [0.2, 0.25) is 0 Å². The third-order valence-electron chi connectivity index (χ3n) is 2.18. The molecule has 0 aromatic heterocycles. The summed E-state index contributed by atoms with van der Waals surface area (Å²) in [5.41, 5.74) is 0. The van der Waals surface area contributed by atoms with Crippen molar-refractivity contribution in [2.45, 2.75) is 26.7 Å². The van der Waals surface area contributed by atoms with E-state index in [-0.39, 0.29) is 0 Å². The van der Waals surface area contributed by atoms with Gasteiger partial charge < -0.3 is 4.90 Å². The molecule has 0 aliphatic carbocycles. The molecule has 0 radical (unpaired) electrons. The molecule has 1 saturated heterocycles. The van der Waals surface area contributed by atoms with Crippen molar-refractivity contribution in [3.8, 4) is 0 Å². The maximum atomic E-state index is 2.40. The van der Waals surface area contributed by atoms with Crippen LogP contribution in [0, 0.1) is 5.92 Å². The number of allylic oxidation sites excluding steroid dienone is 1. The number of nitrogens with zero attached hydrogens (tertiary/aromatic N) is 1. The van der Waals surface area contributed by atoms with Gasteiger partial charge in [-0.3, -0.25) is 0 Å². The van der Waals surface area contributed by atoms with Crippen LogP contribution in [0.3, 0.4) is 0 Å². The smallest absolute Gasteiger partial charge is 0.0174 e. The zero-order valence-electron chi connectivity index (χ0n) is 7.01. The van der Waals surface area contributed by atoms with Crippen molar-refractivity contribution in [2.75, 3.05) is 13.1 Å². The minimum Gasteiger partial charge on any atom is -0.378 e. The van der Waals surface area contributed by atoms with E-state index >= 15 is 0 Å². The first-order chi connectivity index (χ1) is 4.83. The monoisotopic (exact) mass is 139 g/mol. The number of rotatable bonds is 1. The maximum Gasteiger partial charge on any atom is 0.0174 e. The minimum absolute atomic E-state index is 0.946. The topological polar surface area (TPSA) is 3.24 Å². The molecular formula is C9H17N. The van der Waals surface area contributed by atoms with Crippen molar-refractivity contribution >= 4 is 0 Å². The fourth-order valence-electron chi connectivity index (χ4n) is 1.39. The lowest BCUT2D eigenvalue weighted by Crippen LogP contribution is -2.28. The molecular weight excluding hydrogens is 122 g/mol. The molecule has 1 aliphatic heterocycles. The van der Waals surface area contributed by atoms with Crippen LogP contribution in [0.2, 0.25) is 0 Å². The lowest BCUT2D eigenvalue weighted by Gasteiger charge is -2.28. The van der Waals surface area contributed by atoms with Crippen LogP contribution in [0.15, 0.2) is 12.3 Å². The Hall–Kier alpha value is -0.460. The summed E-state index contributed by atoms with van der Waals surface area (Å²) in [4.78, 5) is 2.40. The van der Waals surface area contributed by atoms with Crippen LogP contribution in [-0.4, -0.2) is 18.0 Å². The molecule has 0 N–H and O–H groups in total. The van der Waals surface area contributed by atoms with Crippen molar-refractivity contribution in [2.24, 2.45) is 5.92 Å². The third kappa shape index (κ3) is 2.05. The van der Waals surface area contributed by atoms with Crippen molar-refractivity contribution in [3.63, 3.8) is 0 Å². The quantitative estimate of drug-likeness (QED) is 0.538. The number of likely N-dealkylation sites (tertiary alicyclic amines) is 1. The van der Waals surface area contributed by atoms with Gasteiger partial charge in [0.05, 0.1) is 0 Å². The van der Waals surface area contributed by atoms with Gasteiger partial charge in [0, 0.05) is 13.1 Å². The zero-order chi connectivity index (χ0) is 7.40. The lowest BCUT2D eigenvalue weighted by atomic mass is 10.00. The van der Waals surface area contributed by atoms with Crippen LogP contribution in [0.4, 0.5) is 0 Å². The SMILES string of the molecule is C/C=C/N1CCC(C)CC1. The molecule has 10 heavy (non-hydrogen) atoms. The number of piperidine rings is 1. The van der Waals surface area contributed by atoms with Gasteiger partial charge in [-0.05, 0) is 31.9 Å². The molecule has 0 amide bonds. The number of hydrogen-bond donors (Lipinski definition) is 0. The molecule has 1 nitrogen and oxygen atoms in total. The molecule has 0 unspecified atom stereocenters. The molecule has 0 aromatic carbocycles. The summed E-state index contributed by atoms with van der Waals surface area (Å²) in [6.45, 7) is 6.93. The first-order valence-electron chi connectivity index (χ1n) is 4.20. The third-order valence-corrected chi connectivity index (χ3v) is 2.18. The summed E-state index contributed by atoms with van der Waals surface area (Å²) in [7, 11) is 0. The summed E-state index contributed by atoms with van der Waals surface area (Å²) in [5.74, 6) is 0.946. The van der Waals surface area contributed by atoms with Gasteiger partial charge in [-0.15, -0.1) is 0 Å². The van der Waals surface area contributed by atoms with Crippen molar-refractivity contribution in [1.29, 1.82) is 0 Å². The second-order valence-electron chi connectivity index (χ2n) is 3.20. The van der Waals surface area contributed by atoms with E-state index in [2.05, 4.69) is 31.0 Å². The van der Waals surface area contributed by atoms with Crippen LogP contribution in [-0.2, 0) is 0 Å². The molecule has 1 heterocycles. The Labute approximate surface area is 63.7 Å². The van der Waals surface area contributed by atoms with E-state index in [0.29, 0.717) is 0 Å². The van der Waals surface area contributed by atoms with Crippen molar-refractivity contribution in [1.82, 2.24) is 4.90 Å². The number of hydrogen-bond acceptors (Lipinski definition) is 1. The summed E-state index contributed by atoms with van der Waals surface area (Å²) < 4.78 is 0. The summed E-state index contributed by atoms with van der Waals surface area (Å²) in [6.07, 6.45) is 7.05. The maximum absolute atomic E-state index is 2.40. The molecule has 0 atom stereocenters. The molecule has 0 spiro atoms. The molecule has 58 valence electrons. The van der Waals surface area contributed by atoms with Crippen molar-refractivity contribution < 1.29 is 0 Å². The van der Waals surface area contributed by atoms with Crippen LogP contribution in [0.1, 0.15) is 26.7 Å². The van der Waals surface area contributed by atoms with Gasteiger partial charge in [0.1, 0.15) is 0 Å². The molecule has 1 fully saturated rings. The Bertz CT molecular complexity index is 110. The highest BCUT2D eigenvalue weighted by Gasteiger charge is 2.11. The highest BCUT2D eigenvalue weighted by molar-refractivity contribution is 4.81. The second kappa shape index (κ2) is 3.65. The molecule has 0 aromatic rings. The zero-order valence-corrected chi connectivity index (χ0v) is 7.01. The molecule has 0 saturated carbocycles. The average molecular weight is 139 g/mol. The predicted octanol–water partition coefficient (Wildman–Crippen LogP) is 2.25. The van der Waals surface area contributed by atoms with E-state index in [1.807, 2.05) is 0 Å². The standard InChI is InChI=1S/C9H17N/c1-3-6-10-7-4-9(2)5-8-10/h3,6,9H,4-5,7-8H2,1-2H3/b6-3+. The summed E-state index contributed by atoms with van der Waals surface area (Å²) in [5, 5.41) is 0. The Morgan fingerprint density at radius 3 is 2.40 bits per heavy atom. The highest BCUT2D eigenvalue weighted by Crippen LogP contribution is 2.15. The molecule has 1 heteroatoms. The minimum atomic E-state index is 0.946. The van der Waals surface area contributed by atoms with Crippen LogP contribution < -0.4 is 0 Å². The van der Waals surface area contributed by atoms with Crippen molar-refractivity contribution in [3.05, 3.63) is 12.3 Å². The predicted molar refractivity (Wildman–Crippen MR) is 44.8 cm³/mol. The Morgan fingerprint density at radius 2 is 1.90 bits per heavy atom. The lowest BCUT2D eigenvalue weighted by molar-refractivity contribution is 0.255. The van der Waals surface area contributed by atoms with E-state index in [4.69, 9.17) is 0 Å². The van der Waals surface area contributed by atoms with Gasteiger partial charge in [0.25, 0.3) is 0 Å². The molecule has 1 aliphatic rings. The first-order valence-corrected chi connectivity index (χ1v) is 4.20. The van der Waals surface area contributed by atoms with Crippen LogP contribution in [0.5, 0.6) is 0 Å². The highest BCUT2D eigenvalue weighted by atomic mass is 15.1. The average Bonchev–Trinajstić information content (AvgIpc) is 1.95. The summed E-state index contributed by atoms with van der Waals surface area (Å²) >= 11 is 0. The molecule has 0 bridgehead atoms.